The Balaban J connectivity index is 1.41. The predicted molar refractivity (Wildman–Crippen MR) is 156 cm³/mol. The number of thiocarbonyl (C=S) groups is 1. The number of aromatic nitrogens is 1. The first-order valence-electron chi connectivity index (χ1n) is 13.2. The van der Waals surface area contributed by atoms with Crippen LogP contribution in [0.5, 0.6) is 0 Å². The first-order chi connectivity index (χ1) is 18.0. The van der Waals surface area contributed by atoms with E-state index in [1.165, 1.54) is 35.7 Å². The SMILES string of the molecule is CCc1cccc2c(/C=C3\SC(=S)N(CCc4ccccc4)C3=O)cn(CC(=O)N3CCCCCC3)c12. The molecule has 2 fully saturated rings. The maximum Gasteiger partial charge on any atom is 0.266 e. The Morgan fingerprint density at radius 3 is 2.51 bits per heavy atom. The number of hydrogen-bond donors (Lipinski definition) is 0. The Hall–Kier alpha value is -2.90. The second-order valence-electron chi connectivity index (χ2n) is 9.74. The molecule has 7 heteroatoms. The van der Waals surface area contributed by atoms with E-state index in [0.717, 1.165) is 55.2 Å². The van der Waals surface area contributed by atoms with Crippen molar-refractivity contribution in [1.82, 2.24) is 14.4 Å². The largest absolute Gasteiger partial charge is 0.341 e. The van der Waals surface area contributed by atoms with Gasteiger partial charge in [0.2, 0.25) is 5.91 Å². The van der Waals surface area contributed by atoms with Crippen molar-refractivity contribution >= 4 is 57.1 Å². The number of thioether (sulfide) groups is 1. The summed E-state index contributed by atoms with van der Waals surface area (Å²) in [6.07, 6.45) is 10.2. The van der Waals surface area contributed by atoms with Crippen molar-refractivity contribution in [2.24, 2.45) is 0 Å². The Kier molecular flexibility index (Phi) is 8.11. The zero-order chi connectivity index (χ0) is 25.8. The number of fused-ring (bicyclic) bond motifs is 1. The van der Waals surface area contributed by atoms with Gasteiger partial charge in [-0.1, -0.05) is 92.3 Å². The number of carbonyl (C=O) groups excluding carboxylic acids is 2. The molecule has 2 aliphatic rings. The molecule has 2 saturated heterocycles. The molecule has 2 aromatic carbocycles. The fraction of sp³-hybridized carbons (Fsp3) is 0.367. The highest BCUT2D eigenvalue weighted by atomic mass is 32.2. The second kappa shape index (κ2) is 11.7. The summed E-state index contributed by atoms with van der Waals surface area (Å²) in [6.45, 7) is 4.71. The average molecular weight is 532 g/mol. The van der Waals surface area contributed by atoms with Crippen LogP contribution in [0.3, 0.4) is 0 Å². The van der Waals surface area contributed by atoms with Gasteiger partial charge in [0.1, 0.15) is 10.9 Å². The maximum absolute atomic E-state index is 13.3. The molecule has 3 aromatic rings. The molecular formula is C30H33N3O2S2. The molecule has 0 aliphatic carbocycles. The van der Waals surface area contributed by atoms with Crippen LogP contribution >= 0.6 is 24.0 Å². The zero-order valence-electron chi connectivity index (χ0n) is 21.3. The monoisotopic (exact) mass is 531 g/mol. The van der Waals surface area contributed by atoms with Gasteiger partial charge in [-0.2, -0.15) is 0 Å². The molecule has 1 aromatic heterocycles. The van der Waals surface area contributed by atoms with E-state index in [2.05, 4.69) is 41.8 Å². The van der Waals surface area contributed by atoms with Crippen LogP contribution in [-0.2, 0) is 29.0 Å². The highest BCUT2D eigenvalue weighted by Crippen LogP contribution is 2.35. The summed E-state index contributed by atoms with van der Waals surface area (Å²) >= 11 is 6.94. The van der Waals surface area contributed by atoms with Gasteiger partial charge in [-0.15, -0.1) is 0 Å². The molecule has 5 rings (SSSR count). The van der Waals surface area contributed by atoms with Crippen molar-refractivity contribution in [3.8, 4) is 0 Å². The number of benzene rings is 2. The normalized spacial score (nSPS) is 17.7. The minimum absolute atomic E-state index is 0.0425. The minimum atomic E-state index is -0.0425. The lowest BCUT2D eigenvalue weighted by atomic mass is 10.1. The number of rotatable bonds is 7. The number of carbonyl (C=O) groups is 2. The van der Waals surface area contributed by atoms with Gasteiger partial charge < -0.3 is 9.47 Å². The summed E-state index contributed by atoms with van der Waals surface area (Å²) in [6, 6.07) is 16.4. The van der Waals surface area contributed by atoms with Gasteiger partial charge in [-0.3, -0.25) is 14.5 Å². The zero-order valence-corrected chi connectivity index (χ0v) is 23.0. The van der Waals surface area contributed by atoms with Gasteiger partial charge in [0.15, 0.2) is 0 Å². The van der Waals surface area contributed by atoms with Crippen molar-refractivity contribution in [1.29, 1.82) is 0 Å². The number of likely N-dealkylation sites (tertiary alicyclic amines) is 1. The van der Waals surface area contributed by atoms with Crippen molar-refractivity contribution < 1.29 is 9.59 Å². The molecule has 5 nitrogen and oxygen atoms in total. The van der Waals surface area contributed by atoms with E-state index in [-0.39, 0.29) is 11.8 Å². The lowest BCUT2D eigenvalue weighted by Crippen LogP contribution is -2.34. The molecule has 0 atom stereocenters. The molecule has 37 heavy (non-hydrogen) atoms. The lowest BCUT2D eigenvalue weighted by Gasteiger charge is -2.21. The van der Waals surface area contributed by atoms with Gasteiger partial charge >= 0.3 is 0 Å². The van der Waals surface area contributed by atoms with Gasteiger partial charge in [0.05, 0.1) is 10.4 Å². The fourth-order valence-electron chi connectivity index (χ4n) is 5.28. The highest BCUT2D eigenvalue weighted by Gasteiger charge is 2.32. The maximum atomic E-state index is 13.3. The standard InChI is InChI=1S/C30H33N3O2S2/c1-2-23-13-10-14-25-24(20-32(28(23)25)21-27(34)31-16-8-3-4-9-17-31)19-26-29(35)33(30(36)37-26)18-15-22-11-6-5-7-12-22/h5-7,10-14,19-20H,2-4,8-9,15-18,21H2,1H3/b26-19-. The molecule has 2 aliphatic heterocycles. The predicted octanol–water partition coefficient (Wildman–Crippen LogP) is 6.05. The first kappa shape index (κ1) is 25.7. The molecule has 0 saturated carbocycles. The van der Waals surface area contributed by atoms with Crippen molar-refractivity contribution in [2.75, 3.05) is 19.6 Å². The fourth-order valence-corrected chi connectivity index (χ4v) is 6.58. The molecule has 0 bridgehead atoms. The van der Waals surface area contributed by atoms with Crippen LogP contribution < -0.4 is 0 Å². The first-order valence-corrected chi connectivity index (χ1v) is 14.5. The Bertz CT molecular complexity index is 1340. The van der Waals surface area contributed by atoms with E-state index in [0.29, 0.717) is 22.3 Å². The van der Waals surface area contributed by atoms with E-state index in [4.69, 9.17) is 12.2 Å². The van der Waals surface area contributed by atoms with Gasteiger partial charge in [-0.25, -0.2) is 0 Å². The van der Waals surface area contributed by atoms with Crippen LogP contribution in [0, 0.1) is 0 Å². The van der Waals surface area contributed by atoms with Gasteiger partial charge in [0.25, 0.3) is 5.91 Å². The lowest BCUT2D eigenvalue weighted by molar-refractivity contribution is -0.131. The molecule has 2 amide bonds. The summed E-state index contributed by atoms with van der Waals surface area (Å²) in [5.74, 6) is 0.127. The van der Waals surface area contributed by atoms with Crippen LogP contribution in [0.4, 0.5) is 0 Å². The van der Waals surface area contributed by atoms with E-state index in [1.54, 1.807) is 4.90 Å². The van der Waals surface area contributed by atoms with E-state index >= 15 is 0 Å². The van der Waals surface area contributed by atoms with Crippen molar-refractivity contribution in [3.05, 3.63) is 76.3 Å². The Morgan fingerprint density at radius 2 is 1.78 bits per heavy atom. The molecule has 0 spiro atoms. The van der Waals surface area contributed by atoms with Crippen molar-refractivity contribution in [3.63, 3.8) is 0 Å². The smallest absolute Gasteiger partial charge is 0.266 e. The number of nitrogens with zero attached hydrogens (tertiary/aromatic N) is 3. The summed E-state index contributed by atoms with van der Waals surface area (Å²) in [7, 11) is 0. The summed E-state index contributed by atoms with van der Waals surface area (Å²) in [5.41, 5.74) is 4.43. The minimum Gasteiger partial charge on any atom is -0.341 e. The third-order valence-corrected chi connectivity index (χ3v) is 8.66. The summed E-state index contributed by atoms with van der Waals surface area (Å²) < 4.78 is 2.69. The van der Waals surface area contributed by atoms with Gasteiger partial charge in [0, 0.05) is 36.8 Å². The number of amides is 2. The molecular weight excluding hydrogens is 498 g/mol. The highest BCUT2D eigenvalue weighted by molar-refractivity contribution is 8.26. The van der Waals surface area contributed by atoms with Crippen LogP contribution in [0.15, 0.2) is 59.6 Å². The van der Waals surface area contributed by atoms with E-state index < -0.39 is 0 Å². The molecule has 192 valence electrons. The van der Waals surface area contributed by atoms with Crippen LogP contribution in [0.2, 0.25) is 0 Å². The topological polar surface area (TPSA) is 45.6 Å². The second-order valence-corrected chi connectivity index (χ2v) is 11.4. The van der Waals surface area contributed by atoms with Crippen LogP contribution in [-0.4, -0.2) is 50.1 Å². The van der Waals surface area contributed by atoms with E-state index in [1.807, 2.05) is 35.4 Å². The number of hydrogen-bond acceptors (Lipinski definition) is 4. The van der Waals surface area contributed by atoms with Crippen molar-refractivity contribution in [2.45, 2.75) is 52.0 Å². The number of para-hydroxylation sites is 1. The van der Waals surface area contributed by atoms with Crippen LogP contribution in [0.25, 0.3) is 17.0 Å². The van der Waals surface area contributed by atoms with Gasteiger partial charge in [-0.05, 0) is 42.9 Å². The molecule has 0 radical (unpaired) electrons. The van der Waals surface area contributed by atoms with Crippen LogP contribution in [0.1, 0.15) is 49.3 Å². The van der Waals surface area contributed by atoms with E-state index in [9.17, 15) is 9.59 Å². The third-order valence-electron chi connectivity index (χ3n) is 7.29. The summed E-state index contributed by atoms with van der Waals surface area (Å²) in [5, 5.41) is 1.07. The quantitative estimate of drug-likeness (QED) is 0.275. The molecule has 0 N–H and O–H groups in total. The molecule has 0 unspecified atom stereocenters. The molecule has 3 heterocycles. The average Bonchev–Trinajstić information content (AvgIpc) is 3.23. The number of aryl methyl sites for hydroxylation is 1. The Morgan fingerprint density at radius 1 is 1.03 bits per heavy atom. The Labute approximate surface area is 228 Å². The summed E-state index contributed by atoms with van der Waals surface area (Å²) in [4.78, 5) is 30.9. The third kappa shape index (κ3) is 5.68.